The quantitative estimate of drug-likeness (QED) is 0.874. The van der Waals surface area contributed by atoms with Crippen molar-refractivity contribution >= 4 is 11.9 Å². The van der Waals surface area contributed by atoms with Crippen LogP contribution in [0.1, 0.15) is 63.6 Å². The molecule has 0 saturated heterocycles. The number of carbonyl (C=O) groups is 1. The highest BCUT2D eigenvalue weighted by atomic mass is 16.2. The molecule has 0 aliphatic rings. The molecule has 0 unspecified atom stereocenters. The average Bonchev–Trinajstić information content (AvgIpc) is 2.34. The standard InChI is InChI=1S/C16H28N4O/c1-7-9-20(10-8-2)14(21)13-11-12(3)17-15(18-13)19-16(4,5)6/h11H,7-10H2,1-6H3,(H,17,18,19). The number of amides is 1. The van der Waals surface area contributed by atoms with Gasteiger partial charge in [0.05, 0.1) is 0 Å². The molecule has 1 aromatic heterocycles. The van der Waals surface area contributed by atoms with E-state index in [0.717, 1.165) is 31.6 Å². The Balaban J connectivity index is 3.03. The number of hydrogen-bond donors (Lipinski definition) is 1. The van der Waals surface area contributed by atoms with E-state index < -0.39 is 0 Å². The van der Waals surface area contributed by atoms with Crippen LogP contribution in [-0.4, -0.2) is 39.4 Å². The smallest absolute Gasteiger partial charge is 0.272 e. The normalized spacial score (nSPS) is 11.3. The lowest BCUT2D eigenvalue weighted by Crippen LogP contribution is -2.34. The van der Waals surface area contributed by atoms with Crippen molar-refractivity contribution in [1.82, 2.24) is 14.9 Å². The van der Waals surface area contributed by atoms with Gasteiger partial charge in [-0.05, 0) is 46.6 Å². The first-order valence-corrected chi connectivity index (χ1v) is 7.70. The van der Waals surface area contributed by atoms with E-state index >= 15 is 0 Å². The molecule has 0 saturated carbocycles. The maximum Gasteiger partial charge on any atom is 0.272 e. The molecule has 21 heavy (non-hydrogen) atoms. The summed E-state index contributed by atoms with van der Waals surface area (Å²) >= 11 is 0. The van der Waals surface area contributed by atoms with Crippen molar-refractivity contribution in [1.29, 1.82) is 0 Å². The van der Waals surface area contributed by atoms with Gasteiger partial charge in [0.1, 0.15) is 5.69 Å². The molecule has 0 spiro atoms. The molecular weight excluding hydrogens is 264 g/mol. The molecule has 0 aliphatic carbocycles. The van der Waals surface area contributed by atoms with Gasteiger partial charge in [-0.15, -0.1) is 0 Å². The zero-order chi connectivity index (χ0) is 16.0. The molecule has 0 aromatic carbocycles. The minimum absolute atomic E-state index is 0.0128. The highest BCUT2D eigenvalue weighted by Gasteiger charge is 2.19. The SMILES string of the molecule is CCCN(CCC)C(=O)c1cc(C)nc(NC(C)(C)C)n1. The third-order valence-corrected chi connectivity index (χ3v) is 2.83. The second kappa shape index (κ2) is 7.38. The van der Waals surface area contributed by atoms with Gasteiger partial charge in [-0.3, -0.25) is 4.79 Å². The predicted molar refractivity (Wildman–Crippen MR) is 86.6 cm³/mol. The monoisotopic (exact) mass is 292 g/mol. The van der Waals surface area contributed by atoms with E-state index in [1.807, 2.05) is 32.6 Å². The van der Waals surface area contributed by atoms with E-state index in [0.29, 0.717) is 11.6 Å². The summed E-state index contributed by atoms with van der Waals surface area (Å²) in [6.07, 6.45) is 1.89. The predicted octanol–water partition coefficient (Wildman–Crippen LogP) is 3.26. The second-order valence-corrected chi connectivity index (χ2v) is 6.39. The van der Waals surface area contributed by atoms with Crippen LogP contribution in [0.3, 0.4) is 0 Å². The fourth-order valence-corrected chi connectivity index (χ4v) is 2.09. The molecule has 5 heteroatoms. The zero-order valence-corrected chi connectivity index (χ0v) is 14.2. The third-order valence-electron chi connectivity index (χ3n) is 2.83. The summed E-state index contributed by atoms with van der Waals surface area (Å²) in [5.74, 6) is 0.500. The number of nitrogens with zero attached hydrogens (tertiary/aromatic N) is 3. The van der Waals surface area contributed by atoms with Gasteiger partial charge in [-0.2, -0.15) is 0 Å². The van der Waals surface area contributed by atoms with Crippen LogP contribution in [-0.2, 0) is 0 Å². The molecule has 5 nitrogen and oxygen atoms in total. The van der Waals surface area contributed by atoms with E-state index in [1.165, 1.54) is 0 Å². The van der Waals surface area contributed by atoms with Crippen molar-refractivity contribution in [2.24, 2.45) is 0 Å². The summed E-state index contributed by atoms with van der Waals surface area (Å²) in [5.41, 5.74) is 1.13. The molecule has 1 N–H and O–H groups in total. The van der Waals surface area contributed by atoms with Crippen LogP contribution in [0.15, 0.2) is 6.07 Å². The van der Waals surface area contributed by atoms with Crippen molar-refractivity contribution in [3.8, 4) is 0 Å². The minimum atomic E-state index is -0.138. The summed E-state index contributed by atoms with van der Waals surface area (Å²) in [6, 6.07) is 1.76. The van der Waals surface area contributed by atoms with Gasteiger partial charge in [0.25, 0.3) is 5.91 Å². The molecule has 1 heterocycles. The van der Waals surface area contributed by atoms with Crippen molar-refractivity contribution in [2.45, 2.75) is 59.9 Å². The molecule has 0 bridgehead atoms. The summed E-state index contributed by atoms with van der Waals surface area (Å²) in [5, 5.41) is 3.23. The van der Waals surface area contributed by atoms with Gasteiger partial charge in [0.2, 0.25) is 5.95 Å². The highest BCUT2D eigenvalue weighted by molar-refractivity contribution is 5.92. The van der Waals surface area contributed by atoms with Crippen LogP contribution in [0.25, 0.3) is 0 Å². The van der Waals surface area contributed by atoms with Crippen LogP contribution in [0.2, 0.25) is 0 Å². The largest absolute Gasteiger partial charge is 0.350 e. The Labute approximate surface area is 128 Å². The number of rotatable bonds is 6. The molecule has 0 aliphatic heterocycles. The van der Waals surface area contributed by atoms with Crippen LogP contribution < -0.4 is 5.32 Å². The molecule has 0 atom stereocenters. The Bertz CT molecular complexity index is 474. The Hall–Kier alpha value is -1.65. The number of carbonyl (C=O) groups excluding carboxylic acids is 1. The zero-order valence-electron chi connectivity index (χ0n) is 14.2. The number of nitrogens with one attached hydrogen (secondary N) is 1. The van der Waals surface area contributed by atoms with Crippen molar-refractivity contribution in [3.63, 3.8) is 0 Å². The lowest BCUT2D eigenvalue weighted by Gasteiger charge is -2.23. The molecular formula is C16H28N4O. The van der Waals surface area contributed by atoms with Crippen molar-refractivity contribution in [2.75, 3.05) is 18.4 Å². The first-order chi connectivity index (χ1) is 9.76. The molecule has 1 aromatic rings. The Morgan fingerprint density at radius 3 is 2.24 bits per heavy atom. The topological polar surface area (TPSA) is 58.1 Å². The van der Waals surface area contributed by atoms with E-state index in [4.69, 9.17) is 0 Å². The number of anilines is 1. The molecule has 1 amide bonds. The minimum Gasteiger partial charge on any atom is -0.350 e. The lowest BCUT2D eigenvalue weighted by molar-refractivity contribution is 0.0749. The Kier molecular flexibility index (Phi) is 6.12. The summed E-state index contributed by atoms with van der Waals surface area (Å²) in [6.45, 7) is 13.7. The van der Waals surface area contributed by atoms with E-state index in [-0.39, 0.29) is 11.4 Å². The first-order valence-electron chi connectivity index (χ1n) is 7.70. The average molecular weight is 292 g/mol. The number of aromatic nitrogens is 2. The number of hydrogen-bond acceptors (Lipinski definition) is 4. The summed E-state index contributed by atoms with van der Waals surface area (Å²) < 4.78 is 0. The fourth-order valence-electron chi connectivity index (χ4n) is 2.09. The van der Waals surface area contributed by atoms with Gasteiger partial charge in [0.15, 0.2) is 0 Å². The summed E-state index contributed by atoms with van der Waals surface area (Å²) in [4.78, 5) is 23.2. The molecule has 1 rings (SSSR count). The van der Waals surface area contributed by atoms with E-state index in [9.17, 15) is 4.79 Å². The van der Waals surface area contributed by atoms with Crippen LogP contribution in [0.5, 0.6) is 0 Å². The van der Waals surface area contributed by atoms with Gasteiger partial charge in [-0.1, -0.05) is 13.8 Å². The van der Waals surface area contributed by atoms with Crippen molar-refractivity contribution < 1.29 is 4.79 Å². The van der Waals surface area contributed by atoms with E-state index in [2.05, 4.69) is 29.1 Å². The van der Waals surface area contributed by atoms with Gasteiger partial charge in [-0.25, -0.2) is 9.97 Å². The second-order valence-electron chi connectivity index (χ2n) is 6.39. The molecule has 118 valence electrons. The maximum absolute atomic E-state index is 12.6. The Morgan fingerprint density at radius 1 is 1.19 bits per heavy atom. The molecule has 0 radical (unpaired) electrons. The Morgan fingerprint density at radius 2 is 1.76 bits per heavy atom. The first kappa shape index (κ1) is 17.4. The highest BCUT2D eigenvalue weighted by Crippen LogP contribution is 2.13. The maximum atomic E-state index is 12.6. The van der Waals surface area contributed by atoms with Gasteiger partial charge < -0.3 is 10.2 Å². The van der Waals surface area contributed by atoms with Crippen LogP contribution >= 0.6 is 0 Å². The molecule has 0 fully saturated rings. The van der Waals surface area contributed by atoms with Crippen LogP contribution in [0, 0.1) is 6.92 Å². The summed E-state index contributed by atoms with van der Waals surface area (Å²) in [7, 11) is 0. The van der Waals surface area contributed by atoms with Gasteiger partial charge in [0, 0.05) is 24.3 Å². The van der Waals surface area contributed by atoms with Crippen molar-refractivity contribution in [3.05, 3.63) is 17.5 Å². The lowest BCUT2D eigenvalue weighted by atomic mass is 10.1. The number of aryl methyl sites for hydroxylation is 1. The third kappa shape index (κ3) is 5.69. The van der Waals surface area contributed by atoms with Crippen LogP contribution in [0.4, 0.5) is 5.95 Å². The van der Waals surface area contributed by atoms with Gasteiger partial charge >= 0.3 is 0 Å². The van der Waals surface area contributed by atoms with E-state index in [1.54, 1.807) is 6.07 Å². The fraction of sp³-hybridized carbons (Fsp3) is 0.688.